The minimum absolute atomic E-state index is 0.0216. The molecule has 4 aromatic rings. The van der Waals surface area contributed by atoms with E-state index in [1.54, 1.807) is 0 Å². The van der Waals surface area contributed by atoms with E-state index in [0.717, 1.165) is 5.02 Å². The number of hydrogen-bond acceptors (Lipinski definition) is 0. The van der Waals surface area contributed by atoms with Crippen molar-refractivity contribution in [3.8, 4) is 33.4 Å². The molecule has 4 aromatic carbocycles. The highest BCUT2D eigenvalue weighted by Gasteiger charge is 2.38. The van der Waals surface area contributed by atoms with Gasteiger partial charge in [-0.05, 0) is 73.8 Å². The molecule has 2 aliphatic carbocycles. The highest BCUT2D eigenvalue weighted by Crippen LogP contribution is 2.54. The van der Waals surface area contributed by atoms with Gasteiger partial charge in [0.15, 0.2) is 0 Å². The standard InChI is InChI=1S/C30H25Cl/c1-29(2)26-15-12-18(16-24(26)22-14-13-19(31)17-27(22)29)20-9-7-10-23-21-8-5-6-11-25(21)30(3,4)28(20)23/h5-17H,1-4H3. The molecule has 0 radical (unpaired) electrons. The van der Waals surface area contributed by atoms with Crippen LogP contribution in [-0.4, -0.2) is 0 Å². The molecule has 0 fully saturated rings. The Hall–Kier alpha value is -2.83. The van der Waals surface area contributed by atoms with Gasteiger partial charge >= 0.3 is 0 Å². The van der Waals surface area contributed by atoms with Crippen LogP contribution in [0.1, 0.15) is 49.9 Å². The van der Waals surface area contributed by atoms with Crippen molar-refractivity contribution in [2.75, 3.05) is 0 Å². The van der Waals surface area contributed by atoms with Crippen LogP contribution >= 0.6 is 11.6 Å². The van der Waals surface area contributed by atoms with Gasteiger partial charge in [0.25, 0.3) is 0 Å². The first-order valence-corrected chi connectivity index (χ1v) is 11.4. The zero-order chi connectivity index (χ0) is 21.5. The first-order chi connectivity index (χ1) is 14.8. The number of rotatable bonds is 1. The van der Waals surface area contributed by atoms with E-state index in [1.165, 1.54) is 55.6 Å². The summed E-state index contributed by atoms with van der Waals surface area (Å²) in [4.78, 5) is 0. The van der Waals surface area contributed by atoms with Crippen LogP contribution in [0.5, 0.6) is 0 Å². The second-order valence-corrected chi connectivity index (χ2v) is 10.4. The SMILES string of the molecule is CC1(C)c2ccc(-c3cccc4c3C(C)(C)c3ccccc3-4)cc2-c2ccc(Cl)cc21. The molecule has 0 bridgehead atoms. The molecule has 6 rings (SSSR count). The van der Waals surface area contributed by atoms with Crippen molar-refractivity contribution >= 4 is 11.6 Å². The van der Waals surface area contributed by atoms with Gasteiger partial charge in [-0.2, -0.15) is 0 Å². The Bertz CT molecular complexity index is 1390. The van der Waals surface area contributed by atoms with Crippen molar-refractivity contribution in [3.05, 3.63) is 106 Å². The highest BCUT2D eigenvalue weighted by molar-refractivity contribution is 6.30. The summed E-state index contributed by atoms with van der Waals surface area (Å²) in [5.41, 5.74) is 13.5. The third-order valence-electron chi connectivity index (χ3n) is 7.53. The quantitative estimate of drug-likeness (QED) is 0.289. The maximum Gasteiger partial charge on any atom is 0.0409 e. The fraction of sp³-hybridized carbons (Fsp3) is 0.200. The van der Waals surface area contributed by atoms with Crippen molar-refractivity contribution in [2.24, 2.45) is 0 Å². The fourth-order valence-corrected chi connectivity index (χ4v) is 6.15. The zero-order valence-corrected chi connectivity index (χ0v) is 19.1. The van der Waals surface area contributed by atoms with Crippen LogP contribution in [0, 0.1) is 0 Å². The van der Waals surface area contributed by atoms with Crippen molar-refractivity contribution < 1.29 is 0 Å². The molecular formula is C30H25Cl. The number of benzene rings is 4. The third-order valence-corrected chi connectivity index (χ3v) is 7.76. The Morgan fingerprint density at radius 1 is 0.516 bits per heavy atom. The molecule has 0 N–H and O–H groups in total. The summed E-state index contributed by atoms with van der Waals surface area (Å²) in [6.45, 7) is 9.31. The van der Waals surface area contributed by atoms with Gasteiger partial charge in [0, 0.05) is 15.9 Å². The number of halogens is 1. The monoisotopic (exact) mass is 420 g/mol. The van der Waals surface area contributed by atoms with Gasteiger partial charge in [0.05, 0.1) is 0 Å². The molecule has 0 unspecified atom stereocenters. The fourth-order valence-electron chi connectivity index (χ4n) is 5.98. The van der Waals surface area contributed by atoms with Crippen LogP contribution in [0.15, 0.2) is 78.9 Å². The lowest BCUT2D eigenvalue weighted by Crippen LogP contribution is -2.16. The molecule has 0 nitrogen and oxygen atoms in total. The molecule has 31 heavy (non-hydrogen) atoms. The summed E-state index contributed by atoms with van der Waals surface area (Å²) in [5, 5.41) is 0.806. The van der Waals surface area contributed by atoms with Crippen molar-refractivity contribution in [2.45, 2.75) is 38.5 Å². The Morgan fingerprint density at radius 3 is 2.03 bits per heavy atom. The molecule has 2 aliphatic rings. The molecule has 0 aromatic heterocycles. The predicted octanol–water partition coefficient (Wildman–Crippen LogP) is 8.62. The van der Waals surface area contributed by atoms with Crippen LogP contribution in [0.4, 0.5) is 0 Å². The Morgan fingerprint density at radius 2 is 1.19 bits per heavy atom. The maximum absolute atomic E-state index is 6.36. The molecule has 0 aliphatic heterocycles. The predicted molar refractivity (Wildman–Crippen MR) is 132 cm³/mol. The van der Waals surface area contributed by atoms with E-state index in [4.69, 9.17) is 11.6 Å². The van der Waals surface area contributed by atoms with Gasteiger partial charge in [-0.1, -0.05) is 100.0 Å². The highest BCUT2D eigenvalue weighted by atomic mass is 35.5. The summed E-state index contributed by atoms with van der Waals surface area (Å²) in [6, 6.07) is 29.0. The smallest absolute Gasteiger partial charge is 0.0409 e. The summed E-state index contributed by atoms with van der Waals surface area (Å²) >= 11 is 6.36. The van der Waals surface area contributed by atoms with E-state index >= 15 is 0 Å². The van der Waals surface area contributed by atoms with Gasteiger partial charge in [-0.25, -0.2) is 0 Å². The Kier molecular flexibility index (Phi) is 3.73. The summed E-state index contributed by atoms with van der Waals surface area (Å²) in [5.74, 6) is 0. The normalized spacial score (nSPS) is 16.4. The van der Waals surface area contributed by atoms with Crippen molar-refractivity contribution in [1.82, 2.24) is 0 Å². The van der Waals surface area contributed by atoms with Crippen LogP contribution < -0.4 is 0 Å². The first kappa shape index (κ1) is 18.9. The molecular weight excluding hydrogens is 396 g/mol. The largest absolute Gasteiger partial charge is 0.0843 e. The van der Waals surface area contributed by atoms with Gasteiger partial charge in [0.2, 0.25) is 0 Å². The first-order valence-electron chi connectivity index (χ1n) is 11.0. The van der Waals surface area contributed by atoms with Gasteiger partial charge in [-0.3, -0.25) is 0 Å². The Balaban J connectivity index is 1.59. The lowest BCUT2D eigenvalue weighted by molar-refractivity contribution is 0.659. The molecule has 1 heteroatoms. The van der Waals surface area contributed by atoms with Crippen LogP contribution in [0.2, 0.25) is 5.02 Å². The topological polar surface area (TPSA) is 0 Å². The minimum atomic E-state index is -0.0394. The molecule has 0 amide bonds. The third kappa shape index (κ3) is 2.43. The van der Waals surface area contributed by atoms with E-state index in [9.17, 15) is 0 Å². The average Bonchev–Trinajstić information content (AvgIpc) is 3.13. The summed E-state index contributed by atoms with van der Waals surface area (Å²) in [6.07, 6.45) is 0. The lowest BCUT2D eigenvalue weighted by atomic mass is 9.78. The average molecular weight is 421 g/mol. The van der Waals surface area contributed by atoms with E-state index in [1.807, 2.05) is 6.07 Å². The molecule has 0 atom stereocenters. The zero-order valence-electron chi connectivity index (χ0n) is 18.4. The van der Waals surface area contributed by atoms with E-state index in [0.29, 0.717) is 0 Å². The van der Waals surface area contributed by atoms with Gasteiger partial charge in [-0.15, -0.1) is 0 Å². The Labute approximate surface area is 189 Å². The number of hydrogen-bond donors (Lipinski definition) is 0. The maximum atomic E-state index is 6.36. The second-order valence-electron chi connectivity index (χ2n) is 9.97. The number of fused-ring (bicyclic) bond motifs is 6. The van der Waals surface area contributed by atoms with Crippen LogP contribution in [-0.2, 0) is 10.8 Å². The van der Waals surface area contributed by atoms with Crippen LogP contribution in [0.25, 0.3) is 33.4 Å². The van der Waals surface area contributed by atoms with Gasteiger partial charge in [0.1, 0.15) is 0 Å². The van der Waals surface area contributed by atoms with Crippen molar-refractivity contribution in [1.29, 1.82) is 0 Å². The van der Waals surface area contributed by atoms with E-state index in [2.05, 4.69) is 100 Å². The van der Waals surface area contributed by atoms with Crippen LogP contribution in [0.3, 0.4) is 0 Å². The lowest BCUT2D eigenvalue weighted by Gasteiger charge is -2.25. The van der Waals surface area contributed by atoms with Crippen molar-refractivity contribution in [3.63, 3.8) is 0 Å². The van der Waals surface area contributed by atoms with Gasteiger partial charge < -0.3 is 0 Å². The molecule has 0 saturated carbocycles. The second kappa shape index (κ2) is 6.11. The summed E-state index contributed by atoms with van der Waals surface area (Å²) in [7, 11) is 0. The molecule has 0 spiro atoms. The minimum Gasteiger partial charge on any atom is -0.0843 e. The molecule has 0 saturated heterocycles. The van der Waals surface area contributed by atoms with E-state index < -0.39 is 0 Å². The van der Waals surface area contributed by atoms with E-state index in [-0.39, 0.29) is 10.8 Å². The molecule has 152 valence electrons. The summed E-state index contributed by atoms with van der Waals surface area (Å²) < 4.78 is 0. The molecule has 0 heterocycles.